The summed E-state index contributed by atoms with van der Waals surface area (Å²) in [5, 5.41) is 0. The number of ether oxygens (including phenoxy) is 1. The van der Waals surface area contributed by atoms with Crippen LogP contribution in [-0.4, -0.2) is 24.9 Å². The standard InChI is InChI=1S/C17H25BO3/c1-7-8-11-19-15-10-9-14(12-13(15)2)18-20-16(3,4)17(5,6)21-18/h7,9-10,12H,1,8,11H2,2-6H3. The van der Waals surface area contributed by atoms with Gasteiger partial charge in [0.25, 0.3) is 0 Å². The number of hydrogen-bond donors (Lipinski definition) is 0. The molecular formula is C17H25BO3. The first-order valence-electron chi connectivity index (χ1n) is 7.47. The number of benzene rings is 1. The Morgan fingerprint density at radius 2 is 1.81 bits per heavy atom. The van der Waals surface area contributed by atoms with E-state index in [0.717, 1.165) is 23.2 Å². The Morgan fingerprint density at radius 3 is 2.33 bits per heavy atom. The van der Waals surface area contributed by atoms with Crippen molar-refractivity contribution in [3.8, 4) is 5.75 Å². The van der Waals surface area contributed by atoms with E-state index in [1.807, 2.05) is 25.1 Å². The number of rotatable bonds is 5. The Labute approximate surface area is 128 Å². The SMILES string of the molecule is C=CCCOc1ccc(B2OC(C)(C)C(C)(C)O2)cc1C. The monoisotopic (exact) mass is 288 g/mol. The Morgan fingerprint density at radius 1 is 1.19 bits per heavy atom. The summed E-state index contributed by atoms with van der Waals surface area (Å²) < 4.78 is 17.9. The van der Waals surface area contributed by atoms with Crippen LogP contribution < -0.4 is 10.2 Å². The second-order valence-electron chi connectivity index (χ2n) is 6.54. The highest BCUT2D eigenvalue weighted by molar-refractivity contribution is 6.62. The molecule has 0 spiro atoms. The van der Waals surface area contributed by atoms with Gasteiger partial charge in [-0.15, -0.1) is 6.58 Å². The van der Waals surface area contributed by atoms with Gasteiger partial charge in [-0.1, -0.05) is 18.2 Å². The summed E-state index contributed by atoms with van der Waals surface area (Å²) in [6, 6.07) is 6.07. The first kappa shape index (κ1) is 16.1. The summed E-state index contributed by atoms with van der Waals surface area (Å²) in [6.07, 6.45) is 2.70. The van der Waals surface area contributed by atoms with Crippen LogP contribution >= 0.6 is 0 Å². The molecular weight excluding hydrogens is 263 g/mol. The highest BCUT2D eigenvalue weighted by Gasteiger charge is 2.51. The highest BCUT2D eigenvalue weighted by atomic mass is 16.7. The molecule has 0 aromatic heterocycles. The average molecular weight is 288 g/mol. The van der Waals surface area contributed by atoms with Crippen LogP contribution in [0.25, 0.3) is 0 Å². The van der Waals surface area contributed by atoms with Gasteiger partial charge in [0.15, 0.2) is 0 Å². The van der Waals surface area contributed by atoms with Crippen molar-refractivity contribution < 1.29 is 14.0 Å². The molecule has 3 nitrogen and oxygen atoms in total. The summed E-state index contributed by atoms with van der Waals surface area (Å²) >= 11 is 0. The molecule has 4 heteroatoms. The summed E-state index contributed by atoms with van der Waals surface area (Å²) in [6.45, 7) is 14.6. The van der Waals surface area contributed by atoms with Crippen LogP contribution in [0, 0.1) is 6.92 Å². The van der Waals surface area contributed by atoms with Gasteiger partial charge in [0.05, 0.1) is 17.8 Å². The van der Waals surface area contributed by atoms with Gasteiger partial charge in [-0.3, -0.25) is 0 Å². The molecule has 1 fully saturated rings. The molecule has 1 aliphatic rings. The number of aryl methyl sites for hydroxylation is 1. The van der Waals surface area contributed by atoms with Gasteiger partial charge in [-0.05, 0) is 58.1 Å². The molecule has 1 aromatic carbocycles. The van der Waals surface area contributed by atoms with Crippen LogP contribution in [0.2, 0.25) is 0 Å². The second kappa shape index (κ2) is 5.86. The van der Waals surface area contributed by atoms with E-state index in [0.29, 0.717) is 6.61 Å². The van der Waals surface area contributed by atoms with Gasteiger partial charge in [-0.25, -0.2) is 0 Å². The molecule has 0 bridgehead atoms. The van der Waals surface area contributed by atoms with E-state index in [4.69, 9.17) is 14.0 Å². The van der Waals surface area contributed by atoms with E-state index in [1.54, 1.807) is 0 Å². The van der Waals surface area contributed by atoms with Crippen molar-refractivity contribution in [3.63, 3.8) is 0 Å². The predicted molar refractivity (Wildman–Crippen MR) is 87.2 cm³/mol. The molecule has 0 radical (unpaired) electrons. The molecule has 0 unspecified atom stereocenters. The van der Waals surface area contributed by atoms with Crippen LogP contribution in [0.5, 0.6) is 5.75 Å². The van der Waals surface area contributed by atoms with Gasteiger partial charge in [-0.2, -0.15) is 0 Å². The first-order valence-corrected chi connectivity index (χ1v) is 7.47. The Kier molecular flexibility index (Phi) is 4.50. The van der Waals surface area contributed by atoms with Crippen molar-refractivity contribution >= 4 is 12.6 Å². The molecule has 0 amide bonds. The van der Waals surface area contributed by atoms with Gasteiger partial charge in [0, 0.05) is 0 Å². The van der Waals surface area contributed by atoms with E-state index in [9.17, 15) is 0 Å². The second-order valence-corrected chi connectivity index (χ2v) is 6.54. The molecule has 21 heavy (non-hydrogen) atoms. The molecule has 0 atom stereocenters. The smallest absolute Gasteiger partial charge is 0.493 e. The maximum Gasteiger partial charge on any atom is 0.494 e. The van der Waals surface area contributed by atoms with Crippen LogP contribution in [0.15, 0.2) is 30.9 Å². The molecule has 2 rings (SSSR count). The van der Waals surface area contributed by atoms with Crippen molar-refractivity contribution in [2.24, 2.45) is 0 Å². The maximum atomic E-state index is 6.07. The largest absolute Gasteiger partial charge is 0.494 e. The zero-order valence-corrected chi connectivity index (χ0v) is 13.7. The maximum absolute atomic E-state index is 6.07. The van der Waals surface area contributed by atoms with E-state index >= 15 is 0 Å². The lowest BCUT2D eigenvalue weighted by molar-refractivity contribution is 0.00578. The molecule has 1 aromatic rings. The van der Waals surface area contributed by atoms with Crippen molar-refractivity contribution in [2.45, 2.75) is 52.2 Å². The third-order valence-electron chi connectivity index (χ3n) is 4.30. The minimum absolute atomic E-state index is 0.315. The summed E-state index contributed by atoms with van der Waals surface area (Å²) in [7, 11) is -0.323. The molecule has 1 saturated heterocycles. The van der Waals surface area contributed by atoms with E-state index < -0.39 is 0 Å². The van der Waals surface area contributed by atoms with E-state index in [-0.39, 0.29) is 18.3 Å². The van der Waals surface area contributed by atoms with Crippen LogP contribution in [0.4, 0.5) is 0 Å². The summed E-state index contributed by atoms with van der Waals surface area (Å²) in [4.78, 5) is 0. The third-order valence-corrected chi connectivity index (χ3v) is 4.30. The summed E-state index contributed by atoms with van der Waals surface area (Å²) in [5.74, 6) is 0.900. The normalized spacial score (nSPS) is 19.6. The Balaban J connectivity index is 2.12. The lowest BCUT2D eigenvalue weighted by Gasteiger charge is -2.32. The van der Waals surface area contributed by atoms with Gasteiger partial charge in [0.2, 0.25) is 0 Å². The van der Waals surface area contributed by atoms with Crippen molar-refractivity contribution in [1.29, 1.82) is 0 Å². The van der Waals surface area contributed by atoms with Gasteiger partial charge < -0.3 is 14.0 Å². The quantitative estimate of drug-likeness (QED) is 0.473. The average Bonchev–Trinajstić information content (AvgIpc) is 2.60. The topological polar surface area (TPSA) is 27.7 Å². The zero-order valence-electron chi connectivity index (χ0n) is 13.7. The van der Waals surface area contributed by atoms with Crippen molar-refractivity contribution in [3.05, 3.63) is 36.4 Å². The minimum Gasteiger partial charge on any atom is -0.493 e. The Bertz CT molecular complexity index is 507. The van der Waals surface area contributed by atoms with E-state index in [2.05, 4.69) is 40.3 Å². The van der Waals surface area contributed by atoms with Crippen molar-refractivity contribution in [2.75, 3.05) is 6.61 Å². The fourth-order valence-corrected chi connectivity index (χ4v) is 2.21. The molecule has 1 heterocycles. The first-order chi connectivity index (χ1) is 9.77. The van der Waals surface area contributed by atoms with E-state index in [1.165, 1.54) is 0 Å². The molecule has 1 aliphatic heterocycles. The number of hydrogen-bond acceptors (Lipinski definition) is 3. The van der Waals surface area contributed by atoms with Crippen LogP contribution in [0.3, 0.4) is 0 Å². The van der Waals surface area contributed by atoms with Crippen LogP contribution in [0.1, 0.15) is 39.7 Å². The molecule has 0 aliphatic carbocycles. The van der Waals surface area contributed by atoms with Gasteiger partial charge in [0.1, 0.15) is 5.75 Å². The lowest BCUT2D eigenvalue weighted by Crippen LogP contribution is -2.41. The predicted octanol–water partition coefficient (Wildman–Crippen LogP) is 3.25. The molecule has 0 N–H and O–H groups in total. The van der Waals surface area contributed by atoms with Crippen LogP contribution in [-0.2, 0) is 9.31 Å². The molecule has 0 saturated carbocycles. The fourth-order valence-electron chi connectivity index (χ4n) is 2.21. The Hall–Kier alpha value is -1.26. The zero-order chi connectivity index (χ0) is 15.7. The summed E-state index contributed by atoms with van der Waals surface area (Å²) in [5.41, 5.74) is 1.49. The third kappa shape index (κ3) is 3.33. The molecule has 114 valence electrons. The fraction of sp³-hybridized carbons (Fsp3) is 0.529. The lowest BCUT2D eigenvalue weighted by atomic mass is 9.78. The highest BCUT2D eigenvalue weighted by Crippen LogP contribution is 2.36. The minimum atomic E-state index is -0.323. The van der Waals surface area contributed by atoms with Crippen molar-refractivity contribution in [1.82, 2.24) is 0 Å². The van der Waals surface area contributed by atoms with Gasteiger partial charge >= 0.3 is 7.12 Å².